The average Bonchev–Trinajstić information content (AvgIpc) is 3.59. The lowest BCUT2D eigenvalue weighted by molar-refractivity contribution is 0.661. The van der Waals surface area contributed by atoms with E-state index in [9.17, 15) is 0 Å². The molecule has 0 atom stereocenters. The second-order valence-corrected chi connectivity index (χ2v) is 18.0. The Hall–Kier alpha value is -8.20. The maximum Gasteiger partial charge on any atom is 0.161 e. The third kappa shape index (κ3) is 5.74. The van der Waals surface area contributed by atoms with Gasteiger partial charge in [0.25, 0.3) is 0 Å². The Morgan fingerprint density at radius 1 is 0.277 bits per heavy atom. The Bertz CT molecular complexity index is 3770. The summed E-state index contributed by atoms with van der Waals surface area (Å²) in [4.78, 5) is 11.2. The number of aromatic nitrogens is 2. The highest BCUT2D eigenvalue weighted by Gasteiger charge is 2.37. The van der Waals surface area contributed by atoms with Crippen LogP contribution in [0, 0.1) is 0 Å². The number of nitrogens with zero attached hydrogens (tertiary/aromatic N) is 2. The summed E-state index contributed by atoms with van der Waals surface area (Å²) < 4.78 is 0. The van der Waals surface area contributed by atoms with Gasteiger partial charge >= 0.3 is 0 Å². The Morgan fingerprint density at radius 2 is 0.692 bits per heavy atom. The molecule has 0 spiro atoms. The van der Waals surface area contributed by atoms with Gasteiger partial charge in [0.1, 0.15) is 0 Å². The Balaban J connectivity index is 1.09. The largest absolute Gasteiger partial charge is 0.228 e. The predicted molar refractivity (Wildman–Crippen MR) is 274 cm³/mol. The van der Waals surface area contributed by atoms with Crippen LogP contribution < -0.4 is 0 Å². The molecular weight excluding hydrogens is 785 g/mol. The van der Waals surface area contributed by atoms with Crippen molar-refractivity contribution < 1.29 is 0 Å². The third-order valence-corrected chi connectivity index (χ3v) is 14.1. The molecule has 12 aromatic rings. The molecule has 0 aliphatic heterocycles. The minimum Gasteiger partial charge on any atom is -0.228 e. The van der Waals surface area contributed by atoms with Gasteiger partial charge in [0, 0.05) is 22.1 Å². The zero-order valence-corrected chi connectivity index (χ0v) is 36.2. The molecule has 1 aliphatic rings. The molecule has 0 unspecified atom stereocenters. The van der Waals surface area contributed by atoms with Crippen molar-refractivity contribution in [1.29, 1.82) is 0 Å². The molecule has 304 valence electrons. The van der Waals surface area contributed by atoms with Gasteiger partial charge in [0.2, 0.25) is 0 Å². The van der Waals surface area contributed by atoms with Crippen molar-refractivity contribution >= 4 is 53.9 Å². The second kappa shape index (κ2) is 14.4. The minimum absolute atomic E-state index is 0.147. The van der Waals surface area contributed by atoms with E-state index < -0.39 is 0 Å². The topological polar surface area (TPSA) is 25.8 Å². The normalized spacial score (nSPS) is 12.9. The van der Waals surface area contributed by atoms with Gasteiger partial charge < -0.3 is 0 Å². The van der Waals surface area contributed by atoms with E-state index in [2.05, 4.69) is 232 Å². The SMILES string of the molecule is CC1(C)c2cc3ccccc3cc2-c2c(-c3ccccc3-c3c4ccccc4c(-c4nc(-c5cccc6ccccc56)cc(-c5cccc6ccccc56)n4)c4ccccc34)cccc21. The highest BCUT2D eigenvalue weighted by Crippen LogP contribution is 2.55. The smallest absolute Gasteiger partial charge is 0.161 e. The summed E-state index contributed by atoms with van der Waals surface area (Å²) in [6, 6.07) is 79.7. The first-order chi connectivity index (χ1) is 32.0. The van der Waals surface area contributed by atoms with Crippen LogP contribution in [0.4, 0.5) is 0 Å². The second-order valence-electron chi connectivity index (χ2n) is 18.0. The van der Waals surface area contributed by atoms with Crippen molar-refractivity contribution in [2.75, 3.05) is 0 Å². The number of hydrogen-bond donors (Lipinski definition) is 0. The molecule has 0 bridgehead atoms. The molecule has 0 amide bonds. The van der Waals surface area contributed by atoms with Gasteiger partial charge in [-0.3, -0.25) is 0 Å². The van der Waals surface area contributed by atoms with Gasteiger partial charge in [-0.25, -0.2) is 9.97 Å². The number of benzene rings is 11. The van der Waals surface area contributed by atoms with Crippen molar-refractivity contribution in [3.8, 4) is 67.3 Å². The summed E-state index contributed by atoms with van der Waals surface area (Å²) in [7, 11) is 0. The maximum absolute atomic E-state index is 5.58. The van der Waals surface area contributed by atoms with E-state index in [-0.39, 0.29) is 5.41 Å². The quantitative estimate of drug-likeness (QED) is 0.162. The van der Waals surface area contributed by atoms with E-state index in [1.807, 2.05) is 0 Å². The molecule has 0 saturated heterocycles. The monoisotopic (exact) mass is 826 g/mol. The van der Waals surface area contributed by atoms with Gasteiger partial charge in [0.05, 0.1) is 11.4 Å². The number of hydrogen-bond acceptors (Lipinski definition) is 2. The molecule has 1 heterocycles. The lowest BCUT2D eigenvalue weighted by Crippen LogP contribution is -2.14. The molecule has 13 rings (SSSR count). The first-order valence-electron chi connectivity index (χ1n) is 22.6. The van der Waals surface area contributed by atoms with Crippen LogP contribution in [-0.4, -0.2) is 9.97 Å². The number of rotatable bonds is 5. The summed E-state index contributed by atoms with van der Waals surface area (Å²) >= 11 is 0. The van der Waals surface area contributed by atoms with Gasteiger partial charge in [-0.2, -0.15) is 0 Å². The van der Waals surface area contributed by atoms with Crippen molar-refractivity contribution in [2.45, 2.75) is 19.3 Å². The molecule has 65 heavy (non-hydrogen) atoms. The van der Waals surface area contributed by atoms with Crippen molar-refractivity contribution in [2.24, 2.45) is 0 Å². The van der Waals surface area contributed by atoms with Gasteiger partial charge in [-0.05, 0) is 117 Å². The average molecular weight is 827 g/mol. The fourth-order valence-electron chi connectivity index (χ4n) is 11.0. The number of fused-ring (bicyclic) bond motifs is 8. The zero-order valence-electron chi connectivity index (χ0n) is 36.2. The van der Waals surface area contributed by atoms with E-state index in [4.69, 9.17) is 9.97 Å². The lowest BCUT2D eigenvalue weighted by Gasteiger charge is -2.22. The molecule has 1 aliphatic carbocycles. The van der Waals surface area contributed by atoms with Crippen molar-refractivity contribution in [1.82, 2.24) is 9.97 Å². The first kappa shape index (κ1) is 37.4. The summed E-state index contributed by atoms with van der Waals surface area (Å²) in [5, 5.41) is 11.8. The van der Waals surface area contributed by atoms with Crippen LogP contribution in [0.5, 0.6) is 0 Å². The third-order valence-electron chi connectivity index (χ3n) is 14.1. The first-order valence-corrected chi connectivity index (χ1v) is 22.6. The van der Waals surface area contributed by atoms with E-state index in [0.717, 1.165) is 49.6 Å². The van der Waals surface area contributed by atoms with E-state index in [0.29, 0.717) is 5.82 Å². The van der Waals surface area contributed by atoms with Crippen LogP contribution in [-0.2, 0) is 5.41 Å². The molecular formula is C63H42N2. The highest BCUT2D eigenvalue weighted by atomic mass is 14.9. The molecule has 2 heteroatoms. The van der Waals surface area contributed by atoms with E-state index >= 15 is 0 Å². The van der Waals surface area contributed by atoms with Crippen molar-refractivity contribution in [3.63, 3.8) is 0 Å². The van der Waals surface area contributed by atoms with Crippen molar-refractivity contribution in [3.05, 3.63) is 230 Å². The summed E-state index contributed by atoms with van der Waals surface area (Å²) in [6.07, 6.45) is 0. The van der Waals surface area contributed by atoms with Crippen LogP contribution >= 0.6 is 0 Å². The Morgan fingerprint density at radius 3 is 1.28 bits per heavy atom. The summed E-state index contributed by atoms with van der Waals surface area (Å²) in [5.41, 5.74) is 15.1. The fourth-order valence-corrected chi connectivity index (χ4v) is 11.0. The fraction of sp³-hybridized carbons (Fsp3) is 0.0476. The molecule has 1 aromatic heterocycles. The maximum atomic E-state index is 5.58. The minimum atomic E-state index is -0.147. The Kier molecular flexibility index (Phi) is 8.29. The van der Waals surface area contributed by atoms with E-state index in [1.54, 1.807) is 0 Å². The molecule has 0 radical (unpaired) electrons. The molecule has 0 fully saturated rings. The highest BCUT2D eigenvalue weighted by molar-refractivity contribution is 6.22. The predicted octanol–water partition coefficient (Wildman–Crippen LogP) is 16.9. The van der Waals surface area contributed by atoms with Crippen LogP contribution in [0.25, 0.3) is 121 Å². The molecule has 11 aromatic carbocycles. The van der Waals surface area contributed by atoms with Gasteiger partial charge in [0.15, 0.2) is 5.82 Å². The van der Waals surface area contributed by atoms with Crippen LogP contribution in [0.2, 0.25) is 0 Å². The Labute approximate surface area is 378 Å². The zero-order chi connectivity index (χ0) is 43.2. The lowest BCUT2D eigenvalue weighted by atomic mass is 9.81. The molecule has 0 saturated carbocycles. The van der Waals surface area contributed by atoms with Crippen LogP contribution in [0.3, 0.4) is 0 Å². The standard InChI is InChI=1S/C63H42N2/c1-63(2)55-35-17-34-49(60(55)54-36-41-20-3-4-21-42(41)37-56(54)63)45-26-9-10-27-48(45)59-50-28-11-13-30-52(50)61(53-31-14-12-29-51(53)59)62-64-57(46-32-15-22-39-18-5-7-24-43(39)46)38-58(65-62)47-33-16-23-40-19-6-8-25-44(40)47/h3-38H,1-2H3. The molecule has 0 N–H and O–H groups in total. The molecule has 2 nitrogen and oxygen atoms in total. The summed E-state index contributed by atoms with van der Waals surface area (Å²) in [5.74, 6) is 0.706. The van der Waals surface area contributed by atoms with Crippen LogP contribution in [0.15, 0.2) is 218 Å². The van der Waals surface area contributed by atoms with Crippen LogP contribution in [0.1, 0.15) is 25.0 Å². The van der Waals surface area contributed by atoms with Gasteiger partial charge in [-0.15, -0.1) is 0 Å². The van der Waals surface area contributed by atoms with E-state index in [1.165, 1.54) is 76.8 Å². The summed E-state index contributed by atoms with van der Waals surface area (Å²) in [6.45, 7) is 4.76. The van der Waals surface area contributed by atoms with Gasteiger partial charge in [-0.1, -0.05) is 214 Å².